The number of hydrogen-bond acceptors (Lipinski definition) is 2. The molecule has 1 saturated carbocycles. The van der Waals surface area contributed by atoms with Gasteiger partial charge in [-0.15, -0.1) is 0 Å². The lowest BCUT2D eigenvalue weighted by molar-refractivity contribution is 0.188. The number of nitrogens with one attached hydrogen (secondary N) is 1. The smallest absolute Gasteiger partial charge is 0.0153 e. The summed E-state index contributed by atoms with van der Waals surface area (Å²) < 4.78 is 0. The molecule has 0 aromatic carbocycles. The molecule has 3 N–H and O–H groups in total. The first-order chi connectivity index (χ1) is 7.87. The molecule has 1 aliphatic rings. The maximum absolute atomic E-state index is 5.71. The molecule has 0 aliphatic heterocycles. The van der Waals surface area contributed by atoms with Crippen molar-refractivity contribution in [3.63, 3.8) is 0 Å². The van der Waals surface area contributed by atoms with Crippen molar-refractivity contribution >= 4 is 0 Å². The molecule has 1 rings (SSSR count). The van der Waals surface area contributed by atoms with E-state index < -0.39 is 0 Å². The van der Waals surface area contributed by atoms with Gasteiger partial charge < -0.3 is 11.1 Å². The maximum atomic E-state index is 5.71. The number of hydrogen-bond donors (Lipinski definition) is 2. The summed E-state index contributed by atoms with van der Waals surface area (Å²) in [6.07, 6.45) is 7.89. The molecule has 0 aromatic heterocycles. The van der Waals surface area contributed by atoms with Crippen molar-refractivity contribution in [1.82, 2.24) is 5.32 Å². The third kappa shape index (κ3) is 4.97. The van der Waals surface area contributed by atoms with Gasteiger partial charge in [-0.05, 0) is 69.9 Å². The second kappa shape index (κ2) is 6.19. The minimum absolute atomic E-state index is 0.403. The standard InChI is InChI=1S/C15H32N2/c1-14(2,3)13(8-11-16)7-5-12-17-15(4)9-6-10-15/h13,17H,5-12,16H2,1-4H3. The predicted molar refractivity (Wildman–Crippen MR) is 76.1 cm³/mol. The summed E-state index contributed by atoms with van der Waals surface area (Å²) in [4.78, 5) is 0. The molecule has 0 radical (unpaired) electrons. The van der Waals surface area contributed by atoms with Crippen LogP contribution in [0.3, 0.4) is 0 Å². The Morgan fingerprint density at radius 2 is 1.88 bits per heavy atom. The van der Waals surface area contributed by atoms with Gasteiger partial charge in [-0.3, -0.25) is 0 Å². The molecular formula is C15H32N2. The molecule has 0 saturated heterocycles. The molecule has 0 aromatic rings. The third-order valence-corrected chi connectivity index (χ3v) is 4.48. The van der Waals surface area contributed by atoms with Gasteiger partial charge in [-0.25, -0.2) is 0 Å². The topological polar surface area (TPSA) is 38.0 Å². The Labute approximate surface area is 108 Å². The summed E-state index contributed by atoms with van der Waals surface area (Å²) in [6, 6.07) is 0. The summed E-state index contributed by atoms with van der Waals surface area (Å²) in [5.41, 5.74) is 6.58. The van der Waals surface area contributed by atoms with Crippen molar-refractivity contribution in [2.75, 3.05) is 13.1 Å². The Morgan fingerprint density at radius 3 is 2.29 bits per heavy atom. The van der Waals surface area contributed by atoms with Crippen molar-refractivity contribution in [3.05, 3.63) is 0 Å². The Hall–Kier alpha value is -0.0800. The first kappa shape index (κ1) is 15.0. The van der Waals surface area contributed by atoms with Gasteiger partial charge >= 0.3 is 0 Å². The van der Waals surface area contributed by atoms with Gasteiger partial charge in [-0.1, -0.05) is 20.8 Å². The van der Waals surface area contributed by atoms with E-state index >= 15 is 0 Å². The van der Waals surface area contributed by atoms with Crippen molar-refractivity contribution in [2.45, 2.75) is 71.8 Å². The van der Waals surface area contributed by atoms with Gasteiger partial charge in [-0.2, -0.15) is 0 Å². The van der Waals surface area contributed by atoms with E-state index in [4.69, 9.17) is 5.73 Å². The number of rotatable bonds is 7. The summed E-state index contributed by atoms with van der Waals surface area (Å²) in [7, 11) is 0. The molecule has 1 aliphatic carbocycles. The van der Waals surface area contributed by atoms with E-state index in [0.29, 0.717) is 11.0 Å². The highest BCUT2D eigenvalue weighted by molar-refractivity contribution is 4.91. The molecule has 0 bridgehead atoms. The van der Waals surface area contributed by atoms with Crippen LogP contribution in [0.2, 0.25) is 0 Å². The Morgan fingerprint density at radius 1 is 1.24 bits per heavy atom. The molecule has 0 heterocycles. The van der Waals surface area contributed by atoms with E-state index in [9.17, 15) is 0 Å². The normalized spacial score (nSPS) is 21.0. The van der Waals surface area contributed by atoms with Crippen molar-refractivity contribution in [1.29, 1.82) is 0 Å². The monoisotopic (exact) mass is 240 g/mol. The average Bonchev–Trinajstić information content (AvgIpc) is 2.18. The van der Waals surface area contributed by atoms with Crippen LogP contribution in [0.1, 0.15) is 66.2 Å². The van der Waals surface area contributed by atoms with Crippen LogP contribution >= 0.6 is 0 Å². The van der Waals surface area contributed by atoms with E-state index in [2.05, 4.69) is 33.0 Å². The van der Waals surface area contributed by atoms with Gasteiger partial charge in [0.15, 0.2) is 0 Å². The number of nitrogens with two attached hydrogens (primary N) is 1. The molecule has 0 spiro atoms. The second-order valence-electron chi connectivity index (χ2n) is 7.12. The Bertz CT molecular complexity index is 213. The third-order valence-electron chi connectivity index (χ3n) is 4.48. The highest BCUT2D eigenvalue weighted by Gasteiger charge is 2.30. The summed E-state index contributed by atoms with van der Waals surface area (Å²) in [5, 5.41) is 3.71. The molecular weight excluding hydrogens is 208 g/mol. The predicted octanol–water partition coefficient (Wildman–Crippen LogP) is 3.31. The Kier molecular flexibility index (Phi) is 5.46. The Balaban J connectivity index is 2.18. The van der Waals surface area contributed by atoms with E-state index in [1.165, 1.54) is 45.1 Å². The summed E-state index contributed by atoms with van der Waals surface area (Å²) >= 11 is 0. The van der Waals surface area contributed by atoms with Crippen molar-refractivity contribution < 1.29 is 0 Å². The van der Waals surface area contributed by atoms with Crippen molar-refractivity contribution in [3.8, 4) is 0 Å². The molecule has 1 atom stereocenters. The van der Waals surface area contributed by atoms with E-state index in [0.717, 1.165) is 12.5 Å². The zero-order chi connectivity index (χ0) is 12.9. The molecule has 102 valence electrons. The van der Waals surface area contributed by atoms with Gasteiger partial charge in [0.1, 0.15) is 0 Å². The van der Waals surface area contributed by atoms with Crippen LogP contribution in [0.15, 0.2) is 0 Å². The van der Waals surface area contributed by atoms with Crippen LogP contribution in [0.4, 0.5) is 0 Å². The molecule has 0 amide bonds. The van der Waals surface area contributed by atoms with Gasteiger partial charge in [0, 0.05) is 5.54 Å². The average molecular weight is 240 g/mol. The van der Waals surface area contributed by atoms with Crippen LogP contribution < -0.4 is 11.1 Å². The van der Waals surface area contributed by atoms with Crippen LogP contribution in [0.5, 0.6) is 0 Å². The highest BCUT2D eigenvalue weighted by Crippen LogP contribution is 2.33. The van der Waals surface area contributed by atoms with Crippen LogP contribution in [-0.2, 0) is 0 Å². The largest absolute Gasteiger partial charge is 0.330 e. The zero-order valence-electron chi connectivity index (χ0n) is 12.3. The lowest BCUT2D eigenvalue weighted by atomic mass is 9.76. The van der Waals surface area contributed by atoms with Crippen LogP contribution in [0.25, 0.3) is 0 Å². The second-order valence-corrected chi connectivity index (χ2v) is 7.12. The first-order valence-electron chi connectivity index (χ1n) is 7.32. The van der Waals surface area contributed by atoms with Crippen LogP contribution in [0, 0.1) is 11.3 Å². The van der Waals surface area contributed by atoms with E-state index in [1.807, 2.05) is 0 Å². The van der Waals surface area contributed by atoms with Gasteiger partial charge in [0.25, 0.3) is 0 Å². The van der Waals surface area contributed by atoms with E-state index in [1.54, 1.807) is 0 Å². The highest BCUT2D eigenvalue weighted by atomic mass is 15.0. The molecule has 17 heavy (non-hydrogen) atoms. The fourth-order valence-corrected chi connectivity index (χ4v) is 2.83. The fraction of sp³-hybridized carbons (Fsp3) is 1.00. The van der Waals surface area contributed by atoms with E-state index in [-0.39, 0.29) is 0 Å². The molecule has 2 heteroatoms. The minimum Gasteiger partial charge on any atom is -0.330 e. The zero-order valence-corrected chi connectivity index (χ0v) is 12.3. The summed E-state index contributed by atoms with van der Waals surface area (Å²) in [6.45, 7) is 11.4. The SMILES string of the molecule is CC1(NCCCC(CCN)C(C)(C)C)CCC1. The first-order valence-corrected chi connectivity index (χ1v) is 7.32. The van der Waals surface area contributed by atoms with Gasteiger partial charge in [0.05, 0.1) is 0 Å². The van der Waals surface area contributed by atoms with Gasteiger partial charge in [0.2, 0.25) is 0 Å². The van der Waals surface area contributed by atoms with Crippen LogP contribution in [-0.4, -0.2) is 18.6 Å². The maximum Gasteiger partial charge on any atom is 0.0153 e. The quantitative estimate of drug-likeness (QED) is 0.670. The van der Waals surface area contributed by atoms with Crippen molar-refractivity contribution in [2.24, 2.45) is 17.1 Å². The lowest BCUT2D eigenvalue weighted by Gasteiger charge is -2.40. The molecule has 2 nitrogen and oxygen atoms in total. The minimum atomic E-state index is 0.403. The lowest BCUT2D eigenvalue weighted by Crippen LogP contribution is -2.48. The fourth-order valence-electron chi connectivity index (χ4n) is 2.83. The summed E-state index contributed by atoms with van der Waals surface area (Å²) in [5.74, 6) is 0.767. The molecule has 1 fully saturated rings. The molecule has 1 unspecified atom stereocenters.